The number of Topliss-reactive ketones (excluding diaryl/α,β-unsaturated/α-hetero) is 1. The number of carbonyl (C=O) groups excluding carboxylic acids is 1. The Hall–Kier alpha value is -1.78. The average molecular weight is 387 g/mol. The number of hydrogen-bond acceptors (Lipinski definition) is 4. The first kappa shape index (κ1) is 17.6. The maximum Gasteiger partial charge on any atom is 0.145 e. The Kier molecular flexibility index (Phi) is 4.16. The third kappa shape index (κ3) is 3.06. The Morgan fingerprint density at radius 2 is 1.85 bits per heavy atom. The van der Waals surface area contributed by atoms with Crippen molar-refractivity contribution in [1.29, 1.82) is 0 Å². The molecule has 2 heterocycles. The lowest BCUT2D eigenvalue weighted by Crippen LogP contribution is -2.36. The molecule has 0 saturated heterocycles. The lowest BCUT2D eigenvalue weighted by molar-refractivity contribution is -0.124. The summed E-state index contributed by atoms with van der Waals surface area (Å²) in [4.78, 5) is 14.2. The minimum atomic E-state index is -0.231. The Morgan fingerprint density at radius 1 is 1.15 bits per heavy atom. The van der Waals surface area contributed by atoms with Gasteiger partial charge in [-0.05, 0) is 54.7 Å². The van der Waals surface area contributed by atoms with Crippen molar-refractivity contribution in [3.05, 3.63) is 56.4 Å². The van der Waals surface area contributed by atoms with Gasteiger partial charge in [0.2, 0.25) is 0 Å². The number of allylic oxidation sites excluding steroid dienone is 1. The van der Waals surface area contributed by atoms with E-state index in [2.05, 4.69) is 56.5 Å². The molecule has 2 atom stereocenters. The number of thiophene rings is 1. The number of nitrogens with one attached hydrogen (secondary N) is 2. The molecule has 5 heteroatoms. The van der Waals surface area contributed by atoms with Crippen molar-refractivity contribution in [3.63, 3.8) is 0 Å². The van der Waals surface area contributed by atoms with E-state index in [4.69, 9.17) is 11.6 Å². The number of hydrogen-bond donors (Lipinski definition) is 2. The van der Waals surface area contributed by atoms with Gasteiger partial charge in [-0.15, -0.1) is 11.3 Å². The summed E-state index contributed by atoms with van der Waals surface area (Å²) in [6, 6.07) is 8.14. The number of anilines is 2. The lowest BCUT2D eigenvalue weighted by atomic mass is 9.73. The second kappa shape index (κ2) is 6.14. The van der Waals surface area contributed by atoms with Gasteiger partial charge in [0.05, 0.1) is 27.7 Å². The summed E-state index contributed by atoms with van der Waals surface area (Å²) >= 11 is 7.74. The fourth-order valence-electron chi connectivity index (χ4n) is 3.95. The van der Waals surface area contributed by atoms with E-state index in [1.165, 1.54) is 22.5 Å². The van der Waals surface area contributed by atoms with Gasteiger partial charge < -0.3 is 10.6 Å². The Balaban J connectivity index is 1.90. The van der Waals surface area contributed by atoms with Gasteiger partial charge in [-0.3, -0.25) is 4.79 Å². The standard InChI is InChI=1S/C21H23ClN2OS/c1-11-7-13-14(8-12(11)2)24-20(17-5-6-18(22)26-17)19-15(23-13)9-21(3,4)10-16(19)25/h5-9,19-20,23-24H,10H2,1-4H3. The highest BCUT2D eigenvalue weighted by Gasteiger charge is 2.42. The molecule has 0 saturated carbocycles. The molecule has 3 nitrogen and oxygen atoms in total. The molecular formula is C21H23ClN2OS. The highest BCUT2D eigenvalue weighted by atomic mass is 35.5. The Labute approximate surface area is 163 Å². The van der Waals surface area contributed by atoms with Gasteiger partial charge in [0.25, 0.3) is 0 Å². The van der Waals surface area contributed by atoms with Crippen LogP contribution in [0.1, 0.15) is 42.3 Å². The van der Waals surface area contributed by atoms with Crippen LogP contribution in [0.15, 0.2) is 36.0 Å². The molecular weight excluding hydrogens is 364 g/mol. The molecule has 2 unspecified atom stereocenters. The number of carbonyl (C=O) groups is 1. The molecule has 136 valence electrons. The molecule has 0 bridgehead atoms. The predicted octanol–water partition coefficient (Wildman–Crippen LogP) is 6.10. The van der Waals surface area contributed by atoms with Crippen LogP contribution in [0.3, 0.4) is 0 Å². The van der Waals surface area contributed by atoms with E-state index in [1.807, 2.05) is 12.1 Å². The van der Waals surface area contributed by atoms with Crippen molar-refractivity contribution in [3.8, 4) is 0 Å². The van der Waals surface area contributed by atoms with Crippen molar-refractivity contribution >= 4 is 40.1 Å². The molecule has 0 radical (unpaired) electrons. The van der Waals surface area contributed by atoms with E-state index in [-0.39, 0.29) is 23.2 Å². The maximum absolute atomic E-state index is 13.1. The lowest BCUT2D eigenvalue weighted by Gasteiger charge is -2.35. The van der Waals surface area contributed by atoms with Gasteiger partial charge in [-0.1, -0.05) is 31.5 Å². The fraction of sp³-hybridized carbons (Fsp3) is 0.381. The van der Waals surface area contributed by atoms with Crippen molar-refractivity contribution < 1.29 is 4.79 Å². The van der Waals surface area contributed by atoms with Crippen LogP contribution < -0.4 is 10.6 Å². The molecule has 0 spiro atoms. The molecule has 1 aromatic heterocycles. The first-order valence-corrected chi connectivity index (χ1v) is 10.1. The van der Waals surface area contributed by atoms with Crippen LogP contribution in [0.5, 0.6) is 0 Å². The normalized spacial score (nSPS) is 23.9. The van der Waals surface area contributed by atoms with Crippen LogP contribution in [-0.4, -0.2) is 5.78 Å². The predicted molar refractivity (Wildman–Crippen MR) is 110 cm³/mol. The minimum absolute atomic E-state index is 0.113. The van der Waals surface area contributed by atoms with Gasteiger partial charge in [-0.2, -0.15) is 0 Å². The molecule has 4 rings (SSSR count). The van der Waals surface area contributed by atoms with E-state index < -0.39 is 0 Å². The van der Waals surface area contributed by atoms with E-state index >= 15 is 0 Å². The molecule has 2 N–H and O–H groups in total. The summed E-state index contributed by atoms with van der Waals surface area (Å²) in [6.07, 6.45) is 2.78. The van der Waals surface area contributed by atoms with E-state index in [1.54, 1.807) is 0 Å². The Bertz CT molecular complexity index is 928. The molecule has 1 aliphatic heterocycles. The van der Waals surface area contributed by atoms with Crippen molar-refractivity contribution in [2.75, 3.05) is 10.6 Å². The number of ketones is 1. The summed E-state index contributed by atoms with van der Waals surface area (Å²) in [6.45, 7) is 8.46. The molecule has 2 aliphatic rings. The highest BCUT2D eigenvalue weighted by molar-refractivity contribution is 7.16. The zero-order valence-electron chi connectivity index (χ0n) is 15.4. The van der Waals surface area contributed by atoms with Crippen LogP contribution in [-0.2, 0) is 4.79 Å². The fourth-order valence-corrected chi connectivity index (χ4v) is 5.10. The van der Waals surface area contributed by atoms with Gasteiger partial charge in [0, 0.05) is 17.0 Å². The summed E-state index contributed by atoms with van der Waals surface area (Å²) in [5.74, 6) is 0.0361. The summed E-state index contributed by atoms with van der Waals surface area (Å²) in [7, 11) is 0. The summed E-state index contributed by atoms with van der Waals surface area (Å²) < 4.78 is 0.744. The number of aryl methyl sites for hydroxylation is 2. The van der Waals surface area contributed by atoms with Crippen LogP contribution in [0.4, 0.5) is 11.4 Å². The average Bonchev–Trinajstić information content (AvgIpc) is 2.89. The van der Waals surface area contributed by atoms with E-state index in [0.29, 0.717) is 6.42 Å². The first-order valence-electron chi connectivity index (χ1n) is 8.89. The second-order valence-electron chi connectivity index (χ2n) is 8.08. The monoisotopic (exact) mass is 386 g/mol. The summed E-state index contributed by atoms with van der Waals surface area (Å²) in [5, 5.41) is 7.21. The Morgan fingerprint density at radius 3 is 2.50 bits per heavy atom. The topological polar surface area (TPSA) is 41.1 Å². The zero-order chi connectivity index (χ0) is 18.6. The molecule has 0 amide bonds. The highest BCUT2D eigenvalue weighted by Crippen LogP contribution is 2.47. The number of benzene rings is 1. The van der Waals surface area contributed by atoms with Crippen LogP contribution >= 0.6 is 22.9 Å². The second-order valence-corrected chi connectivity index (χ2v) is 9.83. The first-order chi connectivity index (χ1) is 12.2. The summed E-state index contributed by atoms with van der Waals surface area (Å²) in [5.41, 5.74) is 5.37. The quantitative estimate of drug-likeness (QED) is 0.622. The molecule has 26 heavy (non-hydrogen) atoms. The SMILES string of the molecule is Cc1cc2c(cc1C)NC(c1ccc(Cl)s1)C1C(=O)CC(C)(C)C=C1N2. The smallest absolute Gasteiger partial charge is 0.145 e. The van der Waals surface area contributed by atoms with Crippen LogP contribution in [0.25, 0.3) is 0 Å². The molecule has 0 fully saturated rings. The maximum atomic E-state index is 13.1. The van der Waals surface area contributed by atoms with Crippen LogP contribution in [0, 0.1) is 25.2 Å². The third-order valence-corrected chi connectivity index (χ3v) is 6.63. The molecule has 1 aliphatic carbocycles. The molecule has 1 aromatic carbocycles. The van der Waals surface area contributed by atoms with Gasteiger partial charge in [0.15, 0.2) is 0 Å². The third-order valence-electron chi connectivity index (χ3n) is 5.32. The van der Waals surface area contributed by atoms with Gasteiger partial charge >= 0.3 is 0 Å². The number of halogens is 1. The number of fused-ring (bicyclic) bond motifs is 2. The van der Waals surface area contributed by atoms with E-state index in [9.17, 15) is 4.79 Å². The van der Waals surface area contributed by atoms with Crippen LogP contribution in [0.2, 0.25) is 4.34 Å². The van der Waals surface area contributed by atoms with Crippen molar-refractivity contribution in [2.45, 2.75) is 40.2 Å². The van der Waals surface area contributed by atoms with E-state index in [0.717, 1.165) is 26.3 Å². The van der Waals surface area contributed by atoms with Gasteiger partial charge in [-0.25, -0.2) is 0 Å². The number of rotatable bonds is 1. The minimum Gasteiger partial charge on any atom is -0.375 e. The van der Waals surface area contributed by atoms with Gasteiger partial charge in [0.1, 0.15) is 5.78 Å². The largest absolute Gasteiger partial charge is 0.375 e. The van der Waals surface area contributed by atoms with Crippen molar-refractivity contribution in [2.24, 2.45) is 11.3 Å². The van der Waals surface area contributed by atoms with Crippen molar-refractivity contribution in [1.82, 2.24) is 0 Å². The molecule has 2 aromatic rings. The zero-order valence-corrected chi connectivity index (χ0v) is 17.0.